The molecule has 10 atom stereocenters. The van der Waals surface area contributed by atoms with Gasteiger partial charge in [-0.25, -0.2) is 0 Å². The molecule has 33 heavy (non-hydrogen) atoms. The highest BCUT2D eigenvalue weighted by Crippen LogP contribution is 2.37. The van der Waals surface area contributed by atoms with E-state index < -0.39 is 48.6 Å². The molecular weight excluding hydrogens is 436 g/mol. The summed E-state index contributed by atoms with van der Waals surface area (Å²) in [5.41, 5.74) is 0. The lowest BCUT2D eigenvalue weighted by molar-refractivity contribution is -0.339. The van der Waals surface area contributed by atoms with Crippen LogP contribution in [0.4, 0.5) is 0 Å². The van der Waals surface area contributed by atoms with Crippen LogP contribution in [0.5, 0.6) is 0 Å². The van der Waals surface area contributed by atoms with Gasteiger partial charge in [-0.05, 0) is 18.8 Å². The predicted octanol–water partition coefficient (Wildman–Crippen LogP) is 0.201. The molecule has 0 amide bonds. The van der Waals surface area contributed by atoms with Crippen LogP contribution in [-0.2, 0) is 33.2 Å². The molecule has 0 saturated carbocycles. The molecule has 10 nitrogen and oxygen atoms in total. The standard InChI is InChI=1S/C23H44O10/c1-13(2)9-17-20(29-5)14(10-25)21(18(31-17)12-27-3)33-23-22(30-6)15(11-26)19(28-4)16(32-23)7-8-24/h13-26H,7-12H2,1-6H3. The largest absolute Gasteiger partial charge is 0.396 e. The van der Waals surface area contributed by atoms with Crippen molar-refractivity contribution in [3.05, 3.63) is 0 Å². The van der Waals surface area contributed by atoms with Crippen molar-refractivity contribution in [2.24, 2.45) is 17.8 Å². The van der Waals surface area contributed by atoms with Gasteiger partial charge in [-0.1, -0.05) is 13.8 Å². The quantitative estimate of drug-likeness (QED) is 0.337. The van der Waals surface area contributed by atoms with Crippen LogP contribution >= 0.6 is 0 Å². The fourth-order valence-corrected chi connectivity index (χ4v) is 5.23. The van der Waals surface area contributed by atoms with Gasteiger partial charge in [0.15, 0.2) is 6.29 Å². The Morgan fingerprint density at radius 3 is 1.79 bits per heavy atom. The third-order valence-corrected chi connectivity index (χ3v) is 6.69. The second-order valence-corrected chi connectivity index (χ2v) is 9.25. The molecule has 0 aromatic carbocycles. The molecule has 0 spiro atoms. The normalized spacial score (nSPS) is 39.8. The molecule has 196 valence electrons. The topological polar surface area (TPSA) is 125 Å². The minimum absolute atomic E-state index is 0.103. The van der Waals surface area contributed by atoms with Crippen molar-refractivity contribution in [1.82, 2.24) is 0 Å². The Morgan fingerprint density at radius 1 is 0.727 bits per heavy atom. The Kier molecular flexibility index (Phi) is 12.4. The first kappa shape index (κ1) is 28.8. The van der Waals surface area contributed by atoms with Gasteiger partial charge in [0.25, 0.3) is 0 Å². The Labute approximate surface area is 197 Å². The van der Waals surface area contributed by atoms with Gasteiger partial charge in [-0.15, -0.1) is 0 Å². The van der Waals surface area contributed by atoms with E-state index in [1.807, 2.05) is 0 Å². The van der Waals surface area contributed by atoms with Crippen LogP contribution < -0.4 is 0 Å². The maximum Gasteiger partial charge on any atom is 0.185 e. The fourth-order valence-electron chi connectivity index (χ4n) is 5.23. The number of ether oxygens (including phenoxy) is 7. The van der Waals surface area contributed by atoms with Gasteiger partial charge in [-0.2, -0.15) is 0 Å². The number of hydrogen-bond acceptors (Lipinski definition) is 10. The van der Waals surface area contributed by atoms with Gasteiger partial charge >= 0.3 is 0 Å². The number of rotatable bonds is 13. The average molecular weight is 481 g/mol. The monoisotopic (exact) mass is 480 g/mol. The van der Waals surface area contributed by atoms with E-state index in [2.05, 4.69) is 13.8 Å². The van der Waals surface area contributed by atoms with Crippen LogP contribution in [0.1, 0.15) is 26.7 Å². The molecule has 0 aromatic rings. The molecule has 2 heterocycles. The van der Waals surface area contributed by atoms with Gasteiger partial charge in [0, 0.05) is 46.9 Å². The van der Waals surface area contributed by atoms with E-state index in [-0.39, 0.29) is 38.6 Å². The third-order valence-electron chi connectivity index (χ3n) is 6.69. The number of hydrogen-bond donors (Lipinski definition) is 3. The first-order valence-corrected chi connectivity index (χ1v) is 11.8. The summed E-state index contributed by atoms with van der Waals surface area (Å²) in [6.45, 7) is 4.01. The summed E-state index contributed by atoms with van der Waals surface area (Å²) in [4.78, 5) is 0. The maximum atomic E-state index is 10.3. The predicted molar refractivity (Wildman–Crippen MR) is 119 cm³/mol. The zero-order valence-electron chi connectivity index (χ0n) is 20.8. The van der Waals surface area contributed by atoms with E-state index in [1.165, 1.54) is 7.11 Å². The number of methoxy groups -OCH3 is 4. The fraction of sp³-hybridized carbons (Fsp3) is 1.00. The van der Waals surface area contributed by atoms with Gasteiger partial charge in [0.1, 0.15) is 12.2 Å². The maximum absolute atomic E-state index is 10.3. The minimum atomic E-state index is -0.878. The van der Waals surface area contributed by atoms with Crippen LogP contribution in [0.3, 0.4) is 0 Å². The Balaban J connectivity index is 2.34. The molecule has 0 bridgehead atoms. The first-order valence-electron chi connectivity index (χ1n) is 11.8. The molecular formula is C23H44O10. The second kappa shape index (κ2) is 14.2. The summed E-state index contributed by atoms with van der Waals surface area (Å²) in [6.07, 6.45) is -3.08. The first-order chi connectivity index (χ1) is 15.9. The highest BCUT2D eigenvalue weighted by molar-refractivity contribution is 4.96. The zero-order valence-corrected chi connectivity index (χ0v) is 20.8. The van der Waals surface area contributed by atoms with Crippen molar-refractivity contribution in [2.75, 3.05) is 54.9 Å². The van der Waals surface area contributed by atoms with E-state index in [0.29, 0.717) is 12.3 Å². The molecule has 2 aliphatic heterocycles. The van der Waals surface area contributed by atoms with Gasteiger partial charge in [0.2, 0.25) is 0 Å². The number of aliphatic hydroxyl groups excluding tert-OH is 3. The van der Waals surface area contributed by atoms with Crippen molar-refractivity contribution in [2.45, 2.75) is 75.7 Å². The molecule has 10 heteroatoms. The van der Waals surface area contributed by atoms with Crippen LogP contribution in [0.2, 0.25) is 0 Å². The molecule has 0 aromatic heterocycles. The minimum Gasteiger partial charge on any atom is -0.396 e. The molecule has 10 unspecified atom stereocenters. The highest BCUT2D eigenvalue weighted by atomic mass is 16.7. The smallest absolute Gasteiger partial charge is 0.185 e. The lowest BCUT2D eigenvalue weighted by Gasteiger charge is -2.50. The van der Waals surface area contributed by atoms with E-state index >= 15 is 0 Å². The summed E-state index contributed by atoms with van der Waals surface area (Å²) >= 11 is 0. The third kappa shape index (κ3) is 6.84. The van der Waals surface area contributed by atoms with Crippen LogP contribution in [-0.4, -0.2) is 119 Å². The van der Waals surface area contributed by atoms with E-state index in [1.54, 1.807) is 21.3 Å². The van der Waals surface area contributed by atoms with Crippen molar-refractivity contribution in [1.29, 1.82) is 0 Å². The van der Waals surface area contributed by atoms with Crippen LogP contribution in [0, 0.1) is 17.8 Å². The Hall–Kier alpha value is -0.400. The summed E-state index contributed by atoms with van der Waals surface area (Å²) in [7, 11) is 6.26. The van der Waals surface area contributed by atoms with Crippen molar-refractivity contribution >= 4 is 0 Å². The van der Waals surface area contributed by atoms with Gasteiger partial charge in [-0.3, -0.25) is 0 Å². The van der Waals surface area contributed by atoms with Crippen LogP contribution in [0.15, 0.2) is 0 Å². The Bertz CT molecular complexity index is 535. The summed E-state index contributed by atoms with van der Waals surface area (Å²) in [5, 5.41) is 30.0. The lowest BCUT2D eigenvalue weighted by Crippen LogP contribution is -2.63. The van der Waals surface area contributed by atoms with Gasteiger partial charge < -0.3 is 48.5 Å². The number of aliphatic hydroxyl groups is 3. The Morgan fingerprint density at radius 2 is 1.30 bits per heavy atom. The molecule has 2 saturated heterocycles. The molecule has 3 N–H and O–H groups in total. The van der Waals surface area contributed by atoms with Crippen molar-refractivity contribution in [3.63, 3.8) is 0 Å². The summed E-state index contributed by atoms with van der Waals surface area (Å²) in [5.74, 6) is -0.444. The second-order valence-electron chi connectivity index (χ2n) is 9.25. The van der Waals surface area contributed by atoms with Gasteiger partial charge in [0.05, 0.1) is 50.3 Å². The van der Waals surface area contributed by atoms with Crippen molar-refractivity contribution in [3.8, 4) is 0 Å². The van der Waals surface area contributed by atoms with Crippen LogP contribution in [0.25, 0.3) is 0 Å². The van der Waals surface area contributed by atoms with E-state index in [4.69, 9.17) is 33.2 Å². The van der Waals surface area contributed by atoms with E-state index in [9.17, 15) is 15.3 Å². The lowest BCUT2D eigenvalue weighted by atomic mass is 9.83. The zero-order chi connectivity index (χ0) is 24.5. The molecule has 2 fully saturated rings. The van der Waals surface area contributed by atoms with E-state index in [0.717, 1.165) is 6.42 Å². The molecule has 0 aliphatic carbocycles. The molecule has 0 radical (unpaired) electrons. The summed E-state index contributed by atoms with van der Waals surface area (Å²) < 4.78 is 41.5. The molecule has 2 aliphatic rings. The average Bonchev–Trinajstić information content (AvgIpc) is 2.79. The molecule has 2 rings (SSSR count). The highest BCUT2D eigenvalue weighted by Gasteiger charge is 2.52. The SMILES string of the molecule is COCC1OC(CC(C)C)C(OC)C(CO)C1OC1OC(CCO)C(OC)C(CO)C1OC. The van der Waals surface area contributed by atoms with Crippen molar-refractivity contribution < 1.29 is 48.5 Å². The summed E-state index contributed by atoms with van der Waals surface area (Å²) in [6, 6.07) is 0.